The first-order valence-electron chi connectivity index (χ1n) is 9.50. The van der Waals surface area contributed by atoms with E-state index in [0.717, 1.165) is 16.9 Å². The van der Waals surface area contributed by atoms with Gasteiger partial charge in [0.25, 0.3) is 11.5 Å². The molecule has 0 fully saturated rings. The fraction of sp³-hybridized carbons (Fsp3) is 0.273. The Balaban J connectivity index is 1.92. The molecule has 2 aromatic carbocycles. The third kappa shape index (κ3) is 4.23. The van der Waals surface area contributed by atoms with E-state index in [4.69, 9.17) is 9.47 Å². The van der Waals surface area contributed by atoms with Crippen LogP contribution in [0, 0.1) is 0 Å². The second kappa shape index (κ2) is 9.32. The molecule has 0 atom stereocenters. The Labute approximate surface area is 174 Å². The van der Waals surface area contributed by atoms with E-state index >= 15 is 0 Å². The Morgan fingerprint density at radius 2 is 1.90 bits per heavy atom. The lowest BCUT2D eigenvalue weighted by atomic mass is 10.1. The van der Waals surface area contributed by atoms with E-state index in [1.165, 1.54) is 4.68 Å². The highest BCUT2D eigenvalue weighted by Gasteiger charge is 2.16. The number of hydrogen-bond acceptors (Lipinski definition) is 6. The molecule has 3 rings (SSSR count). The quantitative estimate of drug-likeness (QED) is 0.479. The van der Waals surface area contributed by atoms with Gasteiger partial charge < -0.3 is 9.47 Å². The summed E-state index contributed by atoms with van der Waals surface area (Å²) in [7, 11) is 3.21. The molecule has 156 valence electrons. The minimum absolute atomic E-state index is 0.151. The lowest BCUT2D eigenvalue weighted by Gasteiger charge is -2.11. The fourth-order valence-corrected chi connectivity index (χ4v) is 3.14. The number of nitrogens with one attached hydrogen (secondary N) is 1. The number of aromatic nitrogens is 2. The number of fused-ring (bicyclic) bond motifs is 1. The molecule has 3 aromatic rings. The summed E-state index contributed by atoms with van der Waals surface area (Å²) >= 11 is 0. The average Bonchev–Trinajstić information content (AvgIpc) is 2.78. The SMILES string of the molecule is CCn1nc(C(=O)N/N=C(/C)c2ccc(OC)c(COC)c2)c2ccccc2c1=O. The molecule has 8 nitrogen and oxygen atoms in total. The summed E-state index contributed by atoms with van der Waals surface area (Å²) in [6, 6.07) is 12.5. The van der Waals surface area contributed by atoms with E-state index in [-0.39, 0.29) is 11.3 Å². The van der Waals surface area contributed by atoms with Crippen molar-refractivity contribution in [3.8, 4) is 5.75 Å². The van der Waals surface area contributed by atoms with Crippen molar-refractivity contribution < 1.29 is 14.3 Å². The van der Waals surface area contributed by atoms with Crippen LogP contribution in [0.2, 0.25) is 0 Å². The van der Waals surface area contributed by atoms with Crippen LogP contribution < -0.4 is 15.7 Å². The molecular weight excluding hydrogens is 384 g/mol. The second-order valence-corrected chi connectivity index (χ2v) is 6.61. The van der Waals surface area contributed by atoms with Crippen LogP contribution in [0.4, 0.5) is 0 Å². The summed E-state index contributed by atoms with van der Waals surface area (Å²) in [5.41, 5.74) is 4.77. The lowest BCUT2D eigenvalue weighted by Crippen LogP contribution is -2.28. The summed E-state index contributed by atoms with van der Waals surface area (Å²) < 4.78 is 11.8. The second-order valence-electron chi connectivity index (χ2n) is 6.61. The first-order valence-corrected chi connectivity index (χ1v) is 9.50. The van der Waals surface area contributed by atoms with Crippen molar-refractivity contribution in [2.75, 3.05) is 14.2 Å². The van der Waals surface area contributed by atoms with Crippen molar-refractivity contribution in [1.82, 2.24) is 15.2 Å². The normalized spacial score (nSPS) is 11.5. The molecule has 0 aliphatic heterocycles. The van der Waals surface area contributed by atoms with Gasteiger partial charge in [-0.25, -0.2) is 10.1 Å². The average molecular weight is 408 g/mol. The predicted molar refractivity (Wildman–Crippen MR) is 115 cm³/mol. The lowest BCUT2D eigenvalue weighted by molar-refractivity contribution is 0.0949. The maximum absolute atomic E-state index is 12.8. The van der Waals surface area contributed by atoms with Gasteiger partial charge in [-0.2, -0.15) is 10.2 Å². The molecule has 0 bridgehead atoms. The van der Waals surface area contributed by atoms with E-state index in [1.54, 1.807) is 52.3 Å². The van der Waals surface area contributed by atoms with E-state index in [9.17, 15) is 9.59 Å². The molecular formula is C22H24N4O4. The molecule has 1 aromatic heterocycles. The first-order chi connectivity index (χ1) is 14.5. The molecule has 0 saturated carbocycles. The van der Waals surface area contributed by atoms with Crippen LogP contribution >= 0.6 is 0 Å². The number of hydrogen-bond donors (Lipinski definition) is 1. The summed E-state index contributed by atoms with van der Waals surface area (Å²) in [6.45, 7) is 4.34. The highest BCUT2D eigenvalue weighted by molar-refractivity contribution is 6.06. The van der Waals surface area contributed by atoms with Gasteiger partial charge in [0.2, 0.25) is 0 Å². The number of hydrazone groups is 1. The predicted octanol–water partition coefficient (Wildman–Crippen LogP) is 2.73. The van der Waals surface area contributed by atoms with E-state index in [0.29, 0.717) is 29.6 Å². The highest BCUT2D eigenvalue weighted by atomic mass is 16.5. The molecule has 0 saturated heterocycles. The molecule has 1 N–H and O–H groups in total. The van der Waals surface area contributed by atoms with Gasteiger partial charge in [-0.1, -0.05) is 18.2 Å². The Morgan fingerprint density at radius 1 is 1.17 bits per heavy atom. The van der Waals surface area contributed by atoms with Crippen molar-refractivity contribution in [1.29, 1.82) is 0 Å². The summed E-state index contributed by atoms with van der Waals surface area (Å²) in [4.78, 5) is 25.3. The van der Waals surface area contributed by atoms with Gasteiger partial charge in [-0.15, -0.1) is 0 Å². The minimum Gasteiger partial charge on any atom is -0.496 e. The molecule has 0 unspecified atom stereocenters. The highest BCUT2D eigenvalue weighted by Crippen LogP contribution is 2.21. The van der Waals surface area contributed by atoms with E-state index in [2.05, 4.69) is 15.6 Å². The smallest absolute Gasteiger partial charge is 0.292 e. The number of nitrogens with zero attached hydrogens (tertiary/aromatic N) is 3. The van der Waals surface area contributed by atoms with Crippen LogP contribution in [-0.2, 0) is 17.9 Å². The number of methoxy groups -OCH3 is 2. The Bertz CT molecular complexity index is 1170. The summed E-state index contributed by atoms with van der Waals surface area (Å²) in [5.74, 6) is 0.230. The van der Waals surface area contributed by atoms with Crippen LogP contribution in [0.25, 0.3) is 10.8 Å². The van der Waals surface area contributed by atoms with Crippen molar-refractivity contribution in [2.45, 2.75) is 27.0 Å². The van der Waals surface area contributed by atoms with Crippen molar-refractivity contribution in [3.63, 3.8) is 0 Å². The number of amides is 1. The minimum atomic E-state index is -0.488. The number of aryl methyl sites for hydroxylation is 1. The molecule has 0 aliphatic rings. The fourth-order valence-electron chi connectivity index (χ4n) is 3.14. The summed E-state index contributed by atoms with van der Waals surface area (Å²) in [5, 5.41) is 9.37. The van der Waals surface area contributed by atoms with Gasteiger partial charge in [-0.05, 0) is 43.7 Å². The monoisotopic (exact) mass is 408 g/mol. The van der Waals surface area contributed by atoms with Gasteiger partial charge in [0, 0.05) is 24.6 Å². The number of ether oxygens (including phenoxy) is 2. The van der Waals surface area contributed by atoms with Crippen LogP contribution in [0.3, 0.4) is 0 Å². The number of benzene rings is 2. The zero-order valence-corrected chi connectivity index (χ0v) is 17.4. The zero-order valence-electron chi connectivity index (χ0n) is 17.4. The Hall–Kier alpha value is -3.52. The molecule has 1 amide bonds. The number of carbonyl (C=O) groups is 1. The molecule has 0 spiro atoms. The molecule has 0 aliphatic carbocycles. The topological polar surface area (TPSA) is 94.8 Å². The third-order valence-electron chi connectivity index (χ3n) is 4.71. The molecule has 30 heavy (non-hydrogen) atoms. The van der Waals surface area contributed by atoms with E-state index in [1.807, 2.05) is 18.2 Å². The number of rotatable bonds is 7. The van der Waals surface area contributed by atoms with Gasteiger partial charge in [0.15, 0.2) is 5.69 Å². The standard InChI is InChI=1S/C22H24N4O4/c1-5-26-22(28)18-9-7-6-8-17(18)20(25-26)21(27)24-23-14(2)15-10-11-19(30-4)16(12-15)13-29-3/h6-12H,5,13H2,1-4H3,(H,24,27)/b23-14-. The van der Waals surface area contributed by atoms with Crippen LogP contribution in [0.5, 0.6) is 5.75 Å². The van der Waals surface area contributed by atoms with Gasteiger partial charge in [-0.3, -0.25) is 9.59 Å². The molecule has 0 radical (unpaired) electrons. The van der Waals surface area contributed by atoms with Crippen LogP contribution in [0.1, 0.15) is 35.5 Å². The van der Waals surface area contributed by atoms with Crippen LogP contribution in [0.15, 0.2) is 52.4 Å². The largest absolute Gasteiger partial charge is 0.496 e. The van der Waals surface area contributed by atoms with Gasteiger partial charge >= 0.3 is 0 Å². The maximum atomic E-state index is 12.8. The number of carbonyl (C=O) groups excluding carboxylic acids is 1. The zero-order chi connectivity index (χ0) is 21.7. The van der Waals surface area contributed by atoms with Crippen LogP contribution in [-0.4, -0.2) is 35.6 Å². The first kappa shape index (κ1) is 21.2. The maximum Gasteiger partial charge on any atom is 0.292 e. The third-order valence-corrected chi connectivity index (χ3v) is 4.71. The van der Waals surface area contributed by atoms with Crippen molar-refractivity contribution in [2.24, 2.45) is 5.10 Å². The van der Waals surface area contributed by atoms with Crippen molar-refractivity contribution >= 4 is 22.4 Å². The Kier molecular flexibility index (Phi) is 6.58. The molecule has 1 heterocycles. The Morgan fingerprint density at radius 3 is 2.57 bits per heavy atom. The van der Waals surface area contributed by atoms with Crippen molar-refractivity contribution in [3.05, 3.63) is 69.6 Å². The van der Waals surface area contributed by atoms with Gasteiger partial charge in [0.05, 0.1) is 24.8 Å². The van der Waals surface area contributed by atoms with Gasteiger partial charge in [0.1, 0.15) is 5.75 Å². The van der Waals surface area contributed by atoms with E-state index < -0.39 is 5.91 Å². The molecule has 8 heteroatoms. The summed E-state index contributed by atoms with van der Waals surface area (Å²) in [6.07, 6.45) is 0.